The maximum atomic E-state index is 13.0. The number of hydrogen-bond donors (Lipinski definition) is 0. The number of ether oxygens (including phenoxy) is 1. The van der Waals surface area contributed by atoms with E-state index in [1.165, 1.54) is 0 Å². The van der Waals surface area contributed by atoms with Gasteiger partial charge in [0.15, 0.2) is 5.78 Å². The van der Waals surface area contributed by atoms with Crippen molar-refractivity contribution in [1.29, 1.82) is 0 Å². The lowest BCUT2D eigenvalue weighted by atomic mass is 9.95. The van der Waals surface area contributed by atoms with Crippen LogP contribution in [0.1, 0.15) is 22.0 Å². The average Bonchev–Trinajstić information content (AvgIpc) is 2.57. The molecule has 0 aliphatic carbocycles. The predicted molar refractivity (Wildman–Crippen MR) is 94.6 cm³/mol. The predicted octanol–water partition coefficient (Wildman–Crippen LogP) is 4.02. The zero-order chi connectivity index (χ0) is 15.4. The fourth-order valence-corrected chi connectivity index (χ4v) is 2.90. The van der Waals surface area contributed by atoms with Gasteiger partial charge in [0.1, 0.15) is 0 Å². The van der Waals surface area contributed by atoms with Crippen molar-refractivity contribution in [2.75, 3.05) is 26.3 Å². The number of carbonyl (C=O) groups is 1. The molecule has 5 heteroatoms. The summed E-state index contributed by atoms with van der Waals surface area (Å²) in [6.45, 7) is 2.85. The van der Waals surface area contributed by atoms with Crippen LogP contribution >= 0.6 is 24.0 Å². The van der Waals surface area contributed by atoms with E-state index < -0.39 is 0 Å². The van der Waals surface area contributed by atoms with Crippen LogP contribution < -0.4 is 0 Å². The number of halogens is 2. The van der Waals surface area contributed by atoms with Crippen LogP contribution in [0.2, 0.25) is 5.02 Å². The smallest absolute Gasteiger partial charge is 0.184 e. The lowest BCUT2D eigenvalue weighted by Crippen LogP contribution is -2.42. The van der Waals surface area contributed by atoms with Crippen LogP contribution in [0.3, 0.4) is 0 Å². The van der Waals surface area contributed by atoms with Crippen LogP contribution in [0, 0.1) is 0 Å². The molecule has 1 fully saturated rings. The van der Waals surface area contributed by atoms with E-state index in [9.17, 15) is 4.79 Å². The van der Waals surface area contributed by atoms with Crippen LogP contribution in [-0.4, -0.2) is 37.0 Å². The summed E-state index contributed by atoms with van der Waals surface area (Å²) in [6.07, 6.45) is 0. The van der Waals surface area contributed by atoms with E-state index in [0.29, 0.717) is 23.8 Å². The average molecular weight is 352 g/mol. The highest BCUT2D eigenvalue weighted by Gasteiger charge is 2.29. The van der Waals surface area contributed by atoms with E-state index in [2.05, 4.69) is 4.90 Å². The van der Waals surface area contributed by atoms with Crippen molar-refractivity contribution in [2.45, 2.75) is 6.04 Å². The van der Waals surface area contributed by atoms with Gasteiger partial charge >= 0.3 is 0 Å². The first kappa shape index (κ1) is 18.0. The summed E-state index contributed by atoms with van der Waals surface area (Å²) in [7, 11) is 0. The number of ketones is 1. The molecule has 2 aromatic carbocycles. The van der Waals surface area contributed by atoms with Gasteiger partial charge in [-0.15, -0.1) is 12.4 Å². The van der Waals surface area contributed by atoms with Crippen molar-refractivity contribution >= 4 is 29.8 Å². The minimum absolute atomic E-state index is 0. The minimum Gasteiger partial charge on any atom is -0.379 e. The summed E-state index contributed by atoms with van der Waals surface area (Å²) in [5.41, 5.74) is 1.70. The Morgan fingerprint density at radius 3 is 2.22 bits per heavy atom. The topological polar surface area (TPSA) is 29.5 Å². The standard InChI is InChI=1S/C18H18ClNO2.ClH/c19-16-8-6-15(7-9-16)18(21)17(14-4-2-1-3-5-14)20-10-12-22-13-11-20;/h1-9,17H,10-13H2;1H. The molecule has 3 rings (SSSR count). The molecule has 0 radical (unpaired) electrons. The Kier molecular flexibility index (Phi) is 6.60. The quantitative estimate of drug-likeness (QED) is 0.779. The molecule has 0 spiro atoms. The zero-order valence-corrected chi connectivity index (χ0v) is 14.2. The molecule has 0 bridgehead atoms. The van der Waals surface area contributed by atoms with Gasteiger partial charge in [-0.2, -0.15) is 0 Å². The second-order valence-electron chi connectivity index (χ2n) is 5.33. The molecule has 0 saturated carbocycles. The summed E-state index contributed by atoms with van der Waals surface area (Å²) in [5.74, 6) is 0.102. The molecule has 0 amide bonds. The third-order valence-electron chi connectivity index (χ3n) is 3.90. The molecule has 1 heterocycles. The fraction of sp³-hybridized carbons (Fsp3) is 0.278. The van der Waals surface area contributed by atoms with Gasteiger partial charge in [-0.25, -0.2) is 0 Å². The van der Waals surface area contributed by atoms with Gasteiger partial charge in [0.2, 0.25) is 0 Å². The Morgan fingerprint density at radius 2 is 1.61 bits per heavy atom. The number of morpholine rings is 1. The molecule has 3 nitrogen and oxygen atoms in total. The molecule has 1 aliphatic heterocycles. The molecule has 0 N–H and O–H groups in total. The first-order chi connectivity index (χ1) is 10.8. The Morgan fingerprint density at radius 1 is 1.00 bits per heavy atom. The van der Waals surface area contributed by atoms with E-state index in [1.54, 1.807) is 24.3 Å². The highest BCUT2D eigenvalue weighted by molar-refractivity contribution is 6.30. The molecular formula is C18H19Cl2NO2. The first-order valence-corrected chi connectivity index (χ1v) is 7.80. The molecule has 1 saturated heterocycles. The lowest BCUT2D eigenvalue weighted by molar-refractivity contribution is 0.0172. The molecular weight excluding hydrogens is 333 g/mol. The fourth-order valence-electron chi connectivity index (χ4n) is 2.77. The molecule has 122 valence electrons. The number of nitrogens with zero attached hydrogens (tertiary/aromatic N) is 1. The van der Waals surface area contributed by atoms with Crippen molar-refractivity contribution in [3.63, 3.8) is 0 Å². The van der Waals surface area contributed by atoms with Crippen LogP contribution in [0.25, 0.3) is 0 Å². The number of carbonyl (C=O) groups excluding carboxylic acids is 1. The van der Waals surface area contributed by atoms with Crippen LogP contribution in [-0.2, 0) is 4.74 Å². The maximum Gasteiger partial charge on any atom is 0.184 e. The van der Waals surface area contributed by atoms with E-state index in [4.69, 9.17) is 16.3 Å². The molecule has 0 aromatic heterocycles. The largest absolute Gasteiger partial charge is 0.379 e. The summed E-state index contributed by atoms with van der Waals surface area (Å²) in [4.78, 5) is 15.2. The van der Waals surface area contributed by atoms with E-state index >= 15 is 0 Å². The monoisotopic (exact) mass is 351 g/mol. The molecule has 1 unspecified atom stereocenters. The van der Waals surface area contributed by atoms with Gasteiger partial charge in [0.25, 0.3) is 0 Å². The van der Waals surface area contributed by atoms with Gasteiger partial charge in [0, 0.05) is 23.7 Å². The number of rotatable bonds is 4. The number of benzene rings is 2. The number of Topliss-reactive ketones (excluding diaryl/α,β-unsaturated/α-hetero) is 1. The SMILES string of the molecule is Cl.O=C(c1ccc(Cl)cc1)C(c1ccccc1)N1CCOCC1. The maximum absolute atomic E-state index is 13.0. The zero-order valence-electron chi connectivity index (χ0n) is 12.7. The van der Waals surface area contributed by atoms with Crippen LogP contribution in [0.5, 0.6) is 0 Å². The van der Waals surface area contributed by atoms with Crippen molar-refractivity contribution in [1.82, 2.24) is 4.90 Å². The summed E-state index contributed by atoms with van der Waals surface area (Å²) < 4.78 is 5.42. The third-order valence-corrected chi connectivity index (χ3v) is 4.16. The van der Waals surface area contributed by atoms with Crippen LogP contribution in [0.4, 0.5) is 0 Å². The van der Waals surface area contributed by atoms with Gasteiger partial charge in [-0.1, -0.05) is 41.9 Å². The summed E-state index contributed by atoms with van der Waals surface area (Å²) in [6, 6.07) is 16.8. The molecule has 1 atom stereocenters. The minimum atomic E-state index is -0.272. The Bertz CT molecular complexity index is 625. The highest BCUT2D eigenvalue weighted by atomic mass is 35.5. The van der Waals surface area contributed by atoms with E-state index in [-0.39, 0.29) is 24.2 Å². The van der Waals surface area contributed by atoms with Gasteiger partial charge in [-0.05, 0) is 29.8 Å². The molecule has 2 aromatic rings. The normalized spacial score (nSPS) is 16.4. The van der Waals surface area contributed by atoms with Gasteiger partial charge in [0.05, 0.1) is 19.3 Å². The van der Waals surface area contributed by atoms with Crippen LogP contribution in [0.15, 0.2) is 54.6 Å². The summed E-state index contributed by atoms with van der Waals surface area (Å²) in [5, 5.41) is 0.638. The molecule has 1 aliphatic rings. The van der Waals surface area contributed by atoms with Crippen molar-refractivity contribution in [3.8, 4) is 0 Å². The van der Waals surface area contributed by atoms with E-state index in [0.717, 1.165) is 18.7 Å². The van der Waals surface area contributed by atoms with E-state index in [1.807, 2.05) is 30.3 Å². The van der Waals surface area contributed by atoms with Crippen molar-refractivity contribution in [3.05, 3.63) is 70.7 Å². The number of hydrogen-bond acceptors (Lipinski definition) is 3. The second-order valence-corrected chi connectivity index (χ2v) is 5.77. The first-order valence-electron chi connectivity index (χ1n) is 7.42. The Labute approximate surface area is 147 Å². The molecule has 23 heavy (non-hydrogen) atoms. The lowest BCUT2D eigenvalue weighted by Gasteiger charge is -2.33. The Balaban J connectivity index is 0.00000192. The third kappa shape index (κ3) is 4.33. The van der Waals surface area contributed by atoms with Gasteiger partial charge in [-0.3, -0.25) is 9.69 Å². The van der Waals surface area contributed by atoms with Crippen molar-refractivity contribution in [2.24, 2.45) is 0 Å². The van der Waals surface area contributed by atoms with Gasteiger partial charge < -0.3 is 4.74 Å². The highest BCUT2D eigenvalue weighted by Crippen LogP contribution is 2.26. The Hall–Kier alpha value is -1.39. The van der Waals surface area contributed by atoms with Crippen molar-refractivity contribution < 1.29 is 9.53 Å². The summed E-state index contributed by atoms with van der Waals surface area (Å²) >= 11 is 5.92. The second kappa shape index (κ2) is 8.46.